The third-order valence-corrected chi connectivity index (χ3v) is 2.02. The van der Waals surface area contributed by atoms with Crippen LogP contribution in [-0.4, -0.2) is 23.9 Å². The Balaban J connectivity index is 2.63. The van der Waals surface area contributed by atoms with E-state index in [1.54, 1.807) is 30.3 Å². The molecule has 0 fully saturated rings. The standard InChI is InChI=1S/C11H11N3O5/c1-19-11(16)9(14(17)18)7-12-13-10(15)8-5-3-2-4-6-8/h2-7,12H,1H3,(H,13,15)/b9-7-. The van der Waals surface area contributed by atoms with Gasteiger partial charge >= 0.3 is 11.7 Å². The van der Waals surface area contributed by atoms with Crippen LogP contribution in [0.3, 0.4) is 0 Å². The summed E-state index contributed by atoms with van der Waals surface area (Å²) in [4.78, 5) is 32.2. The van der Waals surface area contributed by atoms with E-state index in [-0.39, 0.29) is 0 Å². The van der Waals surface area contributed by atoms with Crippen molar-refractivity contribution in [2.24, 2.45) is 0 Å². The minimum Gasteiger partial charge on any atom is -0.461 e. The van der Waals surface area contributed by atoms with Gasteiger partial charge in [-0.2, -0.15) is 0 Å². The summed E-state index contributed by atoms with van der Waals surface area (Å²) in [7, 11) is 1.02. The molecule has 0 atom stereocenters. The molecule has 0 aliphatic heterocycles. The van der Waals surface area contributed by atoms with Crippen LogP contribution in [0.4, 0.5) is 0 Å². The molecule has 0 aliphatic carbocycles. The van der Waals surface area contributed by atoms with Gasteiger partial charge in [0.1, 0.15) is 6.20 Å². The summed E-state index contributed by atoms with van der Waals surface area (Å²) in [6, 6.07) is 8.21. The molecule has 100 valence electrons. The highest BCUT2D eigenvalue weighted by Crippen LogP contribution is 1.98. The maximum absolute atomic E-state index is 11.5. The minimum atomic E-state index is -1.12. The lowest BCUT2D eigenvalue weighted by atomic mass is 10.2. The highest BCUT2D eigenvalue weighted by atomic mass is 16.6. The quantitative estimate of drug-likeness (QED) is 0.341. The van der Waals surface area contributed by atoms with Gasteiger partial charge in [-0.25, -0.2) is 4.79 Å². The van der Waals surface area contributed by atoms with Crippen molar-refractivity contribution in [3.8, 4) is 0 Å². The topological polar surface area (TPSA) is 111 Å². The lowest BCUT2D eigenvalue weighted by Crippen LogP contribution is -2.34. The van der Waals surface area contributed by atoms with Crippen LogP contribution in [0.1, 0.15) is 10.4 Å². The molecular formula is C11H11N3O5. The van der Waals surface area contributed by atoms with Crippen molar-refractivity contribution in [2.75, 3.05) is 7.11 Å². The first-order chi connectivity index (χ1) is 9.06. The van der Waals surface area contributed by atoms with Gasteiger partial charge in [-0.05, 0) is 12.1 Å². The van der Waals surface area contributed by atoms with Gasteiger partial charge in [0.15, 0.2) is 0 Å². The molecule has 1 rings (SSSR count). The second-order valence-electron chi connectivity index (χ2n) is 3.24. The smallest absolute Gasteiger partial charge is 0.411 e. The summed E-state index contributed by atoms with van der Waals surface area (Å²) in [5.74, 6) is -1.61. The van der Waals surface area contributed by atoms with E-state index in [0.29, 0.717) is 5.56 Å². The fraction of sp³-hybridized carbons (Fsp3) is 0.0909. The van der Waals surface area contributed by atoms with Gasteiger partial charge < -0.3 is 4.74 Å². The molecule has 0 bridgehead atoms. The van der Waals surface area contributed by atoms with E-state index in [2.05, 4.69) is 15.6 Å². The summed E-state index contributed by atoms with van der Waals surface area (Å²) in [6.45, 7) is 0. The largest absolute Gasteiger partial charge is 0.461 e. The number of hydrogen-bond donors (Lipinski definition) is 2. The molecule has 0 aliphatic rings. The van der Waals surface area contributed by atoms with E-state index in [9.17, 15) is 19.7 Å². The molecular weight excluding hydrogens is 254 g/mol. The Bertz CT molecular complexity index is 512. The zero-order chi connectivity index (χ0) is 14.3. The van der Waals surface area contributed by atoms with Crippen LogP contribution < -0.4 is 10.9 Å². The molecule has 0 aromatic heterocycles. The highest BCUT2D eigenvalue weighted by molar-refractivity contribution is 5.93. The van der Waals surface area contributed by atoms with Crippen molar-refractivity contribution in [3.05, 3.63) is 57.9 Å². The van der Waals surface area contributed by atoms with Gasteiger partial charge in [-0.1, -0.05) is 18.2 Å². The van der Waals surface area contributed by atoms with E-state index >= 15 is 0 Å². The van der Waals surface area contributed by atoms with Crippen molar-refractivity contribution >= 4 is 11.9 Å². The first kappa shape index (κ1) is 14.2. The van der Waals surface area contributed by atoms with E-state index < -0.39 is 22.5 Å². The number of methoxy groups -OCH3 is 1. The summed E-state index contributed by atoms with van der Waals surface area (Å²) in [5.41, 5.74) is 3.90. The summed E-state index contributed by atoms with van der Waals surface area (Å²) in [5, 5.41) is 10.5. The van der Waals surface area contributed by atoms with Gasteiger partial charge in [-0.15, -0.1) is 0 Å². The Morgan fingerprint density at radius 3 is 2.47 bits per heavy atom. The summed E-state index contributed by atoms with van der Waals surface area (Å²) < 4.78 is 4.21. The van der Waals surface area contributed by atoms with Crippen LogP contribution in [0.5, 0.6) is 0 Å². The maximum atomic E-state index is 11.5. The number of nitro groups is 1. The first-order valence-electron chi connectivity index (χ1n) is 5.10. The first-order valence-corrected chi connectivity index (χ1v) is 5.10. The van der Waals surface area contributed by atoms with Crippen LogP contribution in [-0.2, 0) is 9.53 Å². The number of nitrogens with one attached hydrogen (secondary N) is 2. The molecule has 0 saturated heterocycles. The Kier molecular flexibility index (Phi) is 5.03. The Morgan fingerprint density at radius 2 is 1.95 bits per heavy atom. The zero-order valence-corrected chi connectivity index (χ0v) is 9.95. The Hall–Kier alpha value is -2.90. The third-order valence-electron chi connectivity index (χ3n) is 2.02. The number of ether oxygens (including phenoxy) is 1. The van der Waals surface area contributed by atoms with Crippen molar-refractivity contribution in [1.29, 1.82) is 0 Å². The Labute approximate surface area is 108 Å². The number of hydrogen-bond acceptors (Lipinski definition) is 6. The van der Waals surface area contributed by atoms with E-state index in [4.69, 9.17) is 0 Å². The predicted octanol–water partition coefficient (Wildman–Crippen LogP) is 0.212. The fourth-order valence-electron chi connectivity index (χ4n) is 1.12. The number of carbonyl (C=O) groups excluding carboxylic acids is 2. The summed E-state index contributed by atoms with van der Waals surface area (Å²) >= 11 is 0. The van der Waals surface area contributed by atoms with Gasteiger partial charge in [-0.3, -0.25) is 25.8 Å². The summed E-state index contributed by atoms with van der Waals surface area (Å²) in [6.07, 6.45) is 0.743. The molecule has 0 radical (unpaired) electrons. The van der Waals surface area contributed by atoms with Crippen LogP contribution in [0, 0.1) is 10.1 Å². The number of nitrogens with zero attached hydrogens (tertiary/aromatic N) is 1. The van der Waals surface area contributed by atoms with Gasteiger partial charge in [0, 0.05) is 5.56 Å². The molecule has 0 unspecified atom stereocenters. The molecule has 2 N–H and O–H groups in total. The SMILES string of the molecule is COC(=O)/C(=C/NNC(=O)c1ccccc1)[N+](=O)[O-]. The van der Waals surface area contributed by atoms with Crippen LogP contribution in [0.2, 0.25) is 0 Å². The van der Waals surface area contributed by atoms with E-state index in [1.165, 1.54) is 0 Å². The second-order valence-corrected chi connectivity index (χ2v) is 3.24. The van der Waals surface area contributed by atoms with Crippen molar-refractivity contribution in [1.82, 2.24) is 10.9 Å². The lowest BCUT2D eigenvalue weighted by molar-refractivity contribution is -0.421. The van der Waals surface area contributed by atoms with Crippen molar-refractivity contribution in [3.63, 3.8) is 0 Å². The van der Waals surface area contributed by atoms with Crippen LogP contribution in [0.25, 0.3) is 0 Å². The number of amides is 1. The van der Waals surface area contributed by atoms with E-state index in [0.717, 1.165) is 13.3 Å². The van der Waals surface area contributed by atoms with Gasteiger partial charge in [0.2, 0.25) is 0 Å². The number of esters is 1. The van der Waals surface area contributed by atoms with Gasteiger partial charge in [0.25, 0.3) is 5.91 Å². The highest BCUT2D eigenvalue weighted by Gasteiger charge is 2.22. The third kappa shape index (κ3) is 4.11. The molecule has 8 heteroatoms. The van der Waals surface area contributed by atoms with Crippen molar-refractivity contribution < 1.29 is 19.2 Å². The normalized spacial score (nSPS) is 10.5. The number of hydrazine groups is 1. The minimum absolute atomic E-state index is 0.365. The average Bonchev–Trinajstić information content (AvgIpc) is 2.43. The molecule has 0 heterocycles. The van der Waals surface area contributed by atoms with Crippen molar-refractivity contribution in [2.45, 2.75) is 0 Å². The molecule has 1 aromatic carbocycles. The second kappa shape index (κ2) is 6.74. The number of rotatable bonds is 5. The monoisotopic (exact) mass is 265 g/mol. The zero-order valence-electron chi connectivity index (χ0n) is 9.95. The van der Waals surface area contributed by atoms with Crippen LogP contribution >= 0.6 is 0 Å². The molecule has 8 nitrogen and oxygen atoms in total. The molecule has 1 aromatic rings. The maximum Gasteiger partial charge on any atom is 0.411 e. The fourth-order valence-corrected chi connectivity index (χ4v) is 1.12. The van der Waals surface area contributed by atoms with Gasteiger partial charge in [0.05, 0.1) is 12.0 Å². The number of benzene rings is 1. The predicted molar refractivity (Wildman–Crippen MR) is 64.1 cm³/mol. The van der Waals surface area contributed by atoms with Crippen LogP contribution in [0.15, 0.2) is 42.2 Å². The van der Waals surface area contributed by atoms with E-state index in [1.807, 2.05) is 0 Å². The molecule has 0 spiro atoms. The average molecular weight is 265 g/mol. The Morgan fingerprint density at radius 1 is 1.32 bits per heavy atom. The molecule has 0 saturated carbocycles. The molecule has 1 amide bonds. The lowest BCUT2D eigenvalue weighted by Gasteiger charge is -2.04. The number of carbonyl (C=O) groups is 2. The molecule has 19 heavy (non-hydrogen) atoms.